The van der Waals surface area contributed by atoms with Gasteiger partial charge in [-0.2, -0.15) is 0 Å². The average Bonchev–Trinajstić information content (AvgIpc) is 3.29. The van der Waals surface area contributed by atoms with Crippen LogP contribution in [0.2, 0.25) is 0 Å². The fourth-order valence-electron chi connectivity index (χ4n) is 4.98. The van der Waals surface area contributed by atoms with Gasteiger partial charge in [-0.15, -0.1) is 0 Å². The fourth-order valence-corrected chi connectivity index (χ4v) is 4.98. The standard InChI is InChI=1S/C32H26N4O3/c37-30-10-4-2-8-27(30)23-11-13-24(14-12-23)32(39)36-21-26-15-16-29(31(38)34-19-22-6-5-17-33-18-22)35(26)20-25-7-1-3-9-28(25)36/h1-18,37H,19-21H2,(H,34,38). The van der Waals surface area contributed by atoms with Gasteiger partial charge in [-0.3, -0.25) is 14.6 Å². The molecule has 2 amide bonds. The Kier molecular flexibility index (Phi) is 6.39. The van der Waals surface area contributed by atoms with Crippen molar-refractivity contribution >= 4 is 17.5 Å². The summed E-state index contributed by atoms with van der Waals surface area (Å²) in [6.07, 6.45) is 3.43. The van der Waals surface area contributed by atoms with Crippen molar-refractivity contribution in [2.45, 2.75) is 19.6 Å². The number of pyridine rings is 1. The Morgan fingerprint density at radius 3 is 2.44 bits per heavy atom. The number of aromatic hydroxyl groups is 1. The molecule has 0 spiro atoms. The van der Waals surface area contributed by atoms with Crippen LogP contribution in [-0.2, 0) is 19.6 Å². The molecule has 0 bridgehead atoms. The summed E-state index contributed by atoms with van der Waals surface area (Å²) >= 11 is 0. The maximum atomic E-state index is 13.8. The van der Waals surface area contributed by atoms with Gasteiger partial charge in [0, 0.05) is 41.4 Å². The topological polar surface area (TPSA) is 87.5 Å². The monoisotopic (exact) mass is 514 g/mol. The largest absolute Gasteiger partial charge is 0.507 e. The van der Waals surface area contributed by atoms with E-state index in [1.54, 1.807) is 41.6 Å². The predicted molar refractivity (Wildman–Crippen MR) is 149 cm³/mol. The first-order chi connectivity index (χ1) is 19.1. The van der Waals surface area contributed by atoms with E-state index in [1.165, 1.54) is 0 Å². The van der Waals surface area contributed by atoms with Gasteiger partial charge in [-0.05, 0) is 59.2 Å². The molecule has 5 aromatic rings. The van der Waals surface area contributed by atoms with Gasteiger partial charge in [-0.1, -0.05) is 54.6 Å². The van der Waals surface area contributed by atoms with Crippen molar-refractivity contribution in [3.05, 3.63) is 138 Å². The molecule has 2 aromatic heterocycles. The summed E-state index contributed by atoms with van der Waals surface area (Å²) in [5.74, 6) is -0.121. The Morgan fingerprint density at radius 1 is 0.846 bits per heavy atom. The molecule has 0 aliphatic carbocycles. The van der Waals surface area contributed by atoms with E-state index in [0.717, 1.165) is 28.1 Å². The number of para-hydroxylation sites is 2. The Balaban J connectivity index is 1.28. The molecule has 3 heterocycles. The van der Waals surface area contributed by atoms with Crippen LogP contribution in [0.4, 0.5) is 5.69 Å². The molecular formula is C32H26N4O3. The zero-order valence-electron chi connectivity index (χ0n) is 21.1. The summed E-state index contributed by atoms with van der Waals surface area (Å²) < 4.78 is 1.98. The molecular weight excluding hydrogens is 488 g/mol. The van der Waals surface area contributed by atoms with Crippen molar-refractivity contribution in [2.75, 3.05) is 4.90 Å². The lowest BCUT2D eigenvalue weighted by Crippen LogP contribution is -2.30. The highest BCUT2D eigenvalue weighted by Gasteiger charge is 2.27. The number of hydrogen-bond donors (Lipinski definition) is 2. The van der Waals surface area contributed by atoms with Gasteiger partial charge in [0.15, 0.2) is 0 Å². The Morgan fingerprint density at radius 2 is 1.64 bits per heavy atom. The van der Waals surface area contributed by atoms with E-state index in [2.05, 4.69) is 10.3 Å². The molecule has 0 saturated heterocycles. The summed E-state index contributed by atoms with van der Waals surface area (Å²) in [5.41, 5.74) is 6.19. The molecule has 39 heavy (non-hydrogen) atoms. The number of rotatable bonds is 5. The molecule has 0 saturated carbocycles. The number of amides is 2. The van der Waals surface area contributed by atoms with E-state index in [1.807, 2.05) is 77.4 Å². The molecule has 6 rings (SSSR count). The third-order valence-corrected chi connectivity index (χ3v) is 7.00. The lowest BCUT2D eigenvalue weighted by Gasteiger charge is -2.23. The van der Waals surface area contributed by atoms with Crippen LogP contribution >= 0.6 is 0 Å². The first-order valence-electron chi connectivity index (χ1n) is 12.7. The number of phenolic OH excluding ortho intramolecular Hbond substituents is 1. The van der Waals surface area contributed by atoms with Gasteiger partial charge >= 0.3 is 0 Å². The zero-order valence-corrected chi connectivity index (χ0v) is 21.1. The van der Waals surface area contributed by atoms with Gasteiger partial charge < -0.3 is 19.9 Å². The van der Waals surface area contributed by atoms with Gasteiger partial charge in [0.05, 0.1) is 13.1 Å². The van der Waals surface area contributed by atoms with Gasteiger partial charge in [-0.25, -0.2) is 0 Å². The van der Waals surface area contributed by atoms with Crippen LogP contribution in [0.1, 0.15) is 37.7 Å². The quantitative estimate of drug-likeness (QED) is 0.329. The van der Waals surface area contributed by atoms with Gasteiger partial charge in [0.1, 0.15) is 11.4 Å². The van der Waals surface area contributed by atoms with E-state index >= 15 is 0 Å². The number of nitrogens with zero attached hydrogens (tertiary/aromatic N) is 3. The van der Waals surface area contributed by atoms with Crippen LogP contribution in [0.3, 0.4) is 0 Å². The average molecular weight is 515 g/mol. The van der Waals surface area contributed by atoms with Crippen molar-refractivity contribution in [3.63, 3.8) is 0 Å². The number of carbonyl (C=O) groups excluding carboxylic acids is 2. The van der Waals surface area contributed by atoms with Crippen molar-refractivity contribution in [3.8, 4) is 16.9 Å². The number of aromatic nitrogens is 2. The first kappa shape index (κ1) is 24.2. The molecule has 0 atom stereocenters. The van der Waals surface area contributed by atoms with Crippen molar-refractivity contribution < 1.29 is 14.7 Å². The maximum absolute atomic E-state index is 13.8. The summed E-state index contributed by atoms with van der Waals surface area (Å²) in [6, 6.07) is 29.7. The van der Waals surface area contributed by atoms with Crippen LogP contribution in [0.25, 0.3) is 11.1 Å². The molecule has 0 fully saturated rings. The Bertz CT molecular complexity index is 1660. The van der Waals surface area contributed by atoms with E-state index < -0.39 is 0 Å². The summed E-state index contributed by atoms with van der Waals surface area (Å²) in [4.78, 5) is 32.8. The minimum atomic E-state index is -0.179. The molecule has 7 nitrogen and oxygen atoms in total. The van der Waals surface area contributed by atoms with E-state index in [4.69, 9.17) is 0 Å². The molecule has 192 valence electrons. The molecule has 2 N–H and O–H groups in total. The third kappa shape index (κ3) is 4.78. The van der Waals surface area contributed by atoms with Crippen molar-refractivity contribution in [1.82, 2.24) is 14.9 Å². The van der Waals surface area contributed by atoms with E-state index in [9.17, 15) is 14.7 Å². The van der Waals surface area contributed by atoms with Crippen LogP contribution in [-0.4, -0.2) is 26.5 Å². The normalized spacial score (nSPS) is 12.3. The minimum absolute atomic E-state index is 0.136. The van der Waals surface area contributed by atoms with Crippen LogP contribution < -0.4 is 10.2 Å². The Hall–Kier alpha value is -5.17. The van der Waals surface area contributed by atoms with Gasteiger partial charge in [0.2, 0.25) is 0 Å². The highest BCUT2D eigenvalue weighted by atomic mass is 16.3. The number of carbonyl (C=O) groups is 2. The highest BCUT2D eigenvalue weighted by molar-refractivity contribution is 6.07. The summed E-state index contributed by atoms with van der Waals surface area (Å²) in [6.45, 7) is 1.18. The van der Waals surface area contributed by atoms with Gasteiger partial charge in [0.25, 0.3) is 11.8 Å². The zero-order chi connectivity index (χ0) is 26.8. The smallest absolute Gasteiger partial charge is 0.268 e. The minimum Gasteiger partial charge on any atom is -0.507 e. The number of nitrogens with one attached hydrogen (secondary N) is 1. The molecule has 7 heteroatoms. The van der Waals surface area contributed by atoms with Crippen LogP contribution in [0.15, 0.2) is 109 Å². The van der Waals surface area contributed by atoms with Crippen molar-refractivity contribution in [2.24, 2.45) is 0 Å². The second-order valence-corrected chi connectivity index (χ2v) is 9.45. The van der Waals surface area contributed by atoms with Crippen LogP contribution in [0.5, 0.6) is 5.75 Å². The highest BCUT2D eigenvalue weighted by Crippen LogP contribution is 2.32. The summed E-state index contributed by atoms with van der Waals surface area (Å²) in [5, 5.41) is 13.2. The number of fused-ring (bicyclic) bond motifs is 2. The number of phenols is 1. The summed E-state index contributed by atoms with van der Waals surface area (Å²) in [7, 11) is 0. The second-order valence-electron chi connectivity index (χ2n) is 9.45. The number of hydrogen-bond acceptors (Lipinski definition) is 4. The van der Waals surface area contributed by atoms with Crippen LogP contribution in [0, 0.1) is 0 Å². The second kappa shape index (κ2) is 10.3. The number of benzene rings is 3. The lowest BCUT2D eigenvalue weighted by atomic mass is 10.0. The number of anilines is 1. The first-order valence-corrected chi connectivity index (χ1v) is 12.7. The van der Waals surface area contributed by atoms with E-state index in [-0.39, 0.29) is 17.6 Å². The molecule has 3 aromatic carbocycles. The Labute approximate surface area is 226 Å². The SMILES string of the molecule is O=C(NCc1cccnc1)c1ccc2n1Cc1ccccc1N(C(=O)c1ccc(-c3ccccc3O)cc1)C2. The van der Waals surface area contributed by atoms with Crippen molar-refractivity contribution in [1.29, 1.82) is 0 Å². The fraction of sp³-hybridized carbons (Fsp3) is 0.0938. The maximum Gasteiger partial charge on any atom is 0.268 e. The predicted octanol–water partition coefficient (Wildman–Crippen LogP) is 5.39. The lowest BCUT2D eigenvalue weighted by molar-refractivity contribution is 0.0941. The van der Waals surface area contributed by atoms with E-state index in [0.29, 0.717) is 36.5 Å². The molecule has 1 aliphatic heterocycles. The molecule has 1 aliphatic rings. The molecule has 0 radical (unpaired) electrons. The third-order valence-electron chi connectivity index (χ3n) is 7.00. The molecule has 0 unspecified atom stereocenters.